The van der Waals surface area contributed by atoms with Gasteiger partial charge in [-0.15, -0.1) is 0 Å². The molecule has 1 atom stereocenters. The van der Waals surface area contributed by atoms with Gasteiger partial charge in [0.15, 0.2) is 0 Å². The van der Waals surface area contributed by atoms with Gasteiger partial charge in [0.25, 0.3) is 5.66 Å². The number of ether oxygens (including phenoxy) is 1. The minimum Gasteiger partial charge on any atom is -0.463 e. The van der Waals surface area contributed by atoms with Crippen LogP contribution in [-0.2, 0) is 20.7 Å². The smallest absolute Gasteiger partial charge is 0.436 e. The number of nitrogens with one attached hydrogen (secondary N) is 2. The van der Waals surface area contributed by atoms with Gasteiger partial charge in [0.1, 0.15) is 0 Å². The maximum Gasteiger partial charge on any atom is 0.436 e. The average molecular weight is 332 g/mol. The second kappa shape index (κ2) is 7.96. The highest BCUT2D eigenvalue weighted by Gasteiger charge is 2.62. The van der Waals surface area contributed by atoms with E-state index < -0.39 is 23.7 Å². The van der Waals surface area contributed by atoms with Gasteiger partial charge < -0.3 is 10.1 Å². The zero-order valence-corrected chi connectivity index (χ0v) is 12.9. The lowest BCUT2D eigenvalue weighted by Gasteiger charge is -2.34. The first kappa shape index (κ1) is 19.0. The van der Waals surface area contributed by atoms with Crippen LogP contribution in [-0.4, -0.2) is 36.9 Å². The zero-order valence-electron chi connectivity index (χ0n) is 12.9. The summed E-state index contributed by atoms with van der Waals surface area (Å²) < 4.78 is 44.9. The molecule has 1 amide bonds. The van der Waals surface area contributed by atoms with Crippen LogP contribution < -0.4 is 10.6 Å². The Morgan fingerprint density at radius 2 is 1.78 bits per heavy atom. The molecule has 0 aliphatic heterocycles. The third-order valence-electron chi connectivity index (χ3n) is 3.02. The number of carbonyl (C=O) groups is 2. The monoisotopic (exact) mass is 332 g/mol. The molecule has 0 heterocycles. The van der Waals surface area contributed by atoms with Crippen molar-refractivity contribution in [3.63, 3.8) is 0 Å². The normalized spacial score (nSPS) is 14.0. The number of rotatable bonds is 7. The van der Waals surface area contributed by atoms with Crippen LogP contribution in [0.15, 0.2) is 30.3 Å². The van der Waals surface area contributed by atoms with E-state index in [1.54, 1.807) is 35.6 Å². The lowest BCUT2D eigenvalue weighted by molar-refractivity contribution is -0.221. The van der Waals surface area contributed by atoms with Gasteiger partial charge in [0.05, 0.1) is 6.61 Å². The SMILES string of the molecule is CCOC(=O)[C@](NCCc1ccccc1)(NC(C)=O)C(F)(F)F. The molecule has 0 aliphatic rings. The van der Waals surface area contributed by atoms with Crippen molar-refractivity contribution in [1.29, 1.82) is 0 Å². The predicted molar refractivity (Wildman–Crippen MR) is 77.4 cm³/mol. The van der Waals surface area contributed by atoms with Gasteiger partial charge in [-0.2, -0.15) is 13.2 Å². The van der Waals surface area contributed by atoms with Gasteiger partial charge in [-0.3, -0.25) is 10.1 Å². The molecular formula is C15H19F3N2O3. The third kappa shape index (κ3) is 4.95. The lowest BCUT2D eigenvalue weighted by Crippen LogP contribution is -2.72. The summed E-state index contributed by atoms with van der Waals surface area (Å²) in [7, 11) is 0. The van der Waals surface area contributed by atoms with Crippen molar-refractivity contribution in [2.24, 2.45) is 0 Å². The molecule has 0 aliphatic carbocycles. The number of esters is 1. The van der Waals surface area contributed by atoms with E-state index in [0.717, 1.165) is 12.5 Å². The summed E-state index contributed by atoms with van der Waals surface area (Å²) in [6.45, 7) is 1.87. The minimum absolute atomic E-state index is 0.178. The number of halogens is 3. The fourth-order valence-electron chi connectivity index (χ4n) is 2.00. The van der Waals surface area contributed by atoms with Crippen LogP contribution in [0.4, 0.5) is 13.2 Å². The Hall–Kier alpha value is -2.09. The van der Waals surface area contributed by atoms with Crippen molar-refractivity contribution in [1.82, 2.24) is 10.6 Å². The molecule has 0 aromatic heterocycles. The topological polar surface area (TPSA) is 67.4 Å². The molecule has 0 saturated heterocycles. The number of hydrogen-bond acceptors (Lipinski definition) is 4. The number of alkyl halides is 3. The summed E-state index contributed by atoms with van der Waals surface area (Å²) in [5.41, 5.74) is -2.47. The van der Waals surface area contributed by atoms with Crippen LogP contribution in [0.5, 0.6) is 0 Å². The second-order valence-electron chi connectivity index (χ2n) is 4.81. The molecule has 1 aromatic rings. The first-order chi connectivity index (χ1) is 10.7. The molecule has 0 fully saturated rings. The van der Waals surface area contributed by atoms with Crippen LogP contribution in [0.3, 0.4) is 0 Å². The van der Waals surface area contributed by atoms with E-state index in [0.29, 0.717) is 0 Å². The quantitative estimate of drug-likeness (QED) is 0.590. The van der Waals surface area contributed by atoms with Crippen molar-refractivity contribution < 1.29 is 27.5 Å². The van der Waals surface area contributed by atoms with E-state index in [4.69, 9.17) is 0 Å². The van der Waals surface area contributed by atoms with Gasteiger partial charge >= 0.3 is 12.1 Å². The van der Waals surface area contributed by atoms with E-state index in [1.165, 1.54) is 6.92 Å². The molecule has 0 bridgehead atoms. The molecule has 2 N–H and O–H groups in total. The van der Waals surface area contributed by atoms with E-state index in [-0.39, 0.29) is 19.6 Å². The number of amides is 1. The Kier molecular flexibility index (Phi) is 6.56. The molecule has 5 nitrogen and oxygen atoms in total. The molecule has 1 rings (SSSR count). The summed E-state index contributed by atoms with van der Waals surface area (Å²) in [5, 5.41) is 3.76. The maximum atomic E-state index is 13.5. The Labute approximate surface area is 132 Å². The summed E-state index contributed by atoms with van der Waals surface area (Å²) >= 11 is 0. The Bertz CT molecular complexity index is 535. The molecule has 0 saturated carbocycles. The summed E-state index contributed by atoms with van der Waals surface area (Å²) in [4.78, 5) is 23.1. The number of hydrogen-bond donors (Lipinski definition) is 2. The Morgan fingerprint density at radius 1 is 1.17 bits per heavy atom. The number of carbonyl (C=O) groups excluding carboxylic acids is 2. The standard InChI is InChI=1S/C15H19F3N2O3/c1-3-23-13(22)14(15(16,17)18,20-11(2)21)19-10-9-12-7-5-4-6-8-12/h4-8,19H,3,9-10H2,1-2H3,(H,20,21)/t14-/m0/s1. The van der Waals surface area contributed by atoms with Crippen LogP contribution >= 0.6 is 0 Å². The highest BCUT2D eigenvalue weighted by atomic mass is 19.4. The molecule has 23 heavy (non-hydrogen) atoms. The van der Waals surface area contributed by atoms with Crippen LogP contribution in [0.25, 0.3) is 0 Å². The fourth-order valence-corrected chi connectivity index (χ4v) is 2.00. The fraction of sp³-hybridized carbons (Fsp3) is 0.467. The molecule has 1 aromatic carbocycles. The molecule has 128 valence electrons. The van der Waals surface area contributed by atoms with Crippen molar-refractivity contribution in [3.05, 3.63) is 35.9 Å². The molecule has 0 spiro atoms. The number of benzene rings is 1. The Morgan fingerprint density at radius 3 is 2.26 bits per heavy atom. The summed E-state index contributed by atoms with van der Waals surface area (Å²) in [5.74, 6) is -2.58. The van der Waals surface area contributed by atoms with Gasteiger partial charge in [-0.25, -0.2) is 4.79 Å². The van der Waals surface area contributed by atoms with E-state index in [9.17, 15) is 22.8 Å². The van der Waals surface area contributed by atoms with Crippen molar-refractivity contribution in [3.8, 4) is 0 Å². The van der Waals surface area contributed by atoms with Crippen molar-refractivity contribution in [2.45, 2.75) is 32.1 Å². The van der Waals surface area contributed by atoms with Crippen molar-refractivity contribution in [2.75, 3.05) is 13.2 Å². The van der Waals surface area contributed by atoms with E-state index in [2.05, 4.69) is 10.1 Å². The van der Waals surface area contributed by atoms with Crippen LogP contribution in [0.1, 0.15) is 19.4 Å². The molecular weight excluding hydrogens is 313 g/mol. The Balaban J connectivity index is 2.96. The first-order valence-corrected chi connectivity index (χ1v) is 7.04. The average Bonchev–Trinajstić information content (AvgIpc) is 2.45. The summed E-state index contributed by atoms with van der Waals surface area (Å²) in [6.07, 6.45) is -4.81. The largest absolute Gasteiger partial charge is 0.463 e. The van der Waals surface area contributed by atoms with Gasteiger partial charge in [0, 0.05) is 13.5 Å². The van der Waals surface area contributed by atoms with E-state index >= 15 is 0 Å². The zero-order chi connectivity index (χ0) is 17.5. The van der Waals surface area contributed by atoms with Gasteiger partial charge in [-0.05, 0) is 18.9 Å². The maximum absolute atomic E-state index is 13.5. The van der Waals surface area contributed by atoms with Gasteiger partial charge in [0.2, 0.25) is 5.91 Å². The van der Waals surface area contributed by atoms with Crippen LogP contribution in [0.2, 0.25) is 0 Å². The highest BCUT2D eigenvalue weighted by Crippen LogP contribution is 2.29. The highest BCUT2D eigenvalue weighted by molar-refractivity contribution is 5.87. The van der Waals surface area contributed by atoms with E-state index in [1.807, 2.05) is 0 Å². The molecule has 0 unspecified atom stereocenters. The minimum atomic E-state index is -5.05. The van der Waals surface area contributed by atoms with Crippen molar-refractivity contribution >= 4 is 11.9 Å². The second-order valence-corrected chi connectivity index (χ2v) is 4.81. The molecule has 8 heteroatoms. The van der Waals surface area contributed by atoms with Gasteiger partial charge in [-0.1, -0.05) is 30.3 Å². The first-order valence-electron chi connectivity index (χ1n) is 7.04. The lowest BCUT2D eigenvalue weighted by atomic mass is 10.1. The van der Waals surface area contributed by atoms with Crippen LogP contribution in [0, 0.1) is 0 Å². The third-order valence-corrected chi connectivity index (χ3v) is 3.02. The molecule has 0 radical (unpaired) electrons. The predicted octanol–water partition coefficient (Wildman–Crippen LogP) is 1.78. The summed E-state index contributed by atoms with van der Waals surface area (Å²) in [6, 6.07) is 8.79.